The normalized spacial score (nSPS) is 16.8. The van der Waals surface area contributed by atoms with Gasteiger partial charge in [0.25, 0.3) is 5.91 Å². The Morgan fingerprint density at radius 3 is 2.40 bits per heavy atom. The Morgan fingerprint density at radius 2 is 1.76 bits per heavy atom. The number of carbonyl (C=O) groups excluding carboxylic acids is 1. The van der Waals surface area contributed by atoms with Crippen molar-refractivity contribution in [2.75, 3.05) is 4.90 Å². The Labute approximate surface area is 144 Å². The van der Waals surface area contributed by atoms with Gasteiger partial charge in [0.1, 0.15) is 5.82 Å². The molecule has 2 aromatic carbocycles. The van der Waals surface area contributed by atoms with E-state index < -0.39 is 23.5 Å². The SMILES string of the molecule is N=C1SC(=Cc2ccc(F)cc2)C(=O)N1c1cccc(C(F)(F)F)c1. The molecule has 128 valence electrons. The van der Waals surface area contributed by atoms with E-state index in [-0.39, 0.29) is 15.8 Å². The molecule has 1 heterocycles. The average Bonchev–Trinajstić information content (AvgIpc) is 2.83. The first-order valence-corrected chi connectivity index (χ1v) is 7.83. The average molecular weight is 366 g/mol. The number of benzene rings is 2. The van der Waals surface area contributed by atoms with E-state index in [0.29, 0.717) is 5.56 Å². The largest absolute Gasteiger partial charge is 0.416 e. The van der Waals surface area contributed by atoms with Crippen LogP contribution in [0.5, 0.6) is 0 Å². The van der Waals surface area contributed by atoms with Gasteiger partial charge >= 0.3 is 6.18 Å². The van der Waals surface area contributed by atoms with Crippen molar-refractivity contribution in [3.63, 3.8) is 0 Å². The third kappa shape index (κ3) is 3.58. The maximum absolute atomic E-state index is 12.9. The molecule has 1 saturated heterocycles. The van der Waals surface area contributed by atoms with E-state index in [1.807, 2.05) is 0 Å². The van der Waals surface area contributed by atoms with Gasteiger partial charge in [0, 0.05) is 0 Å². The van der Waals surface area contributed by atoms with E-state index in [1.54, 1.807) is 0 Å². The van der Waals surface area contributed by atoms with Gasteiger partial charge in [-0.15, -0.1) is 0 Å². The smallest absolute Gasteiger partial charge is 0.278 e. The summed E-state index contributed by atoms with van der Waals surface area (Å²) in [5, 5.41) is 7.72. The summed E-state index contributed by atoms with van der Waals surface area (Å²) in [4.78, 5) is 13.6. The van der Waals surface area contributed by atoms with Crippen LogP contribution in [-0.4, -0.2) is 11.1 Å². The minimum atomic E-state index is -4.54. The van der Waals surface area contributed by atoms with Gasteiger partial charge in [-0.1, -0.05) is 18.2 Å². The number of amidine groups is 1. The number of halogens is 4. The number of anilines is 1. The summed E-state index contributed by atoms with van der Waals surface area (Å²) in [6.07, 6.45) is -3.07. The summed E-state index contributed by atoms with van der Waals surface area (Å²) < 4.78 is 51.5. The van der Waals surface area contributed by atoms with Crippen LogP contribution in [0.4, 0.5) is 23.2 Å². The summed E-state index contributed by atoms with van der Waals surface area (Å²) in [5.74, 6) is -1.02. The minimum absolute atomic E-state index is 0.0279. The lowest BCUT2D eigenvalue weighted by atomic mass is 10.1. The zero-order valence-corrected chi connectivity index (χ0v) is 13.3. The van der Waals surface area contributed by atoms with Crippen LogP contribution in [0.2, 0.25) is 0 Å². The van der Waals surface area contributed by atoms with Crippen LogP contribution in [0.25, 0.3) is 6.08 Å². The van der Waals surface area contributed by atoms with Gasteiger partial charge in [-0.25, -0.2) is 4.39 Å². The van der Waals surface area contributed by atoms with Crippen molar-refractivity contribution < 1.29 is 22.4 Å². The topological polar surface area (TPSA) is 44.2 Å². The molecule has 2 aromatic rings. The highest BCUT2D eigenvalue weighted by Crippen LogP contribution is 2.37. The molecule has 0 unspecified atom stereocenters. The second-order valence-electron chi connectivity index (χ2n) is 5.16. The highest BCUT2D eigenvalue weighted by atomic mass is 32.2. The first-order valence-electron chi connectivity index (χ1n) is 7.01. The predicted molar refractivity (Wildman–Crippen MR) is 88.6 cm³/mol. The molecule has 1 amide bonds. The maximum atomic E-state index is 12.9. The van der Waals surface area contributed by atoms with Gasteiger partial charge in [0.2, 0.25) is 0 Å². The Morgan fingerprint density at radius 1 is 1.08 bits per heavy atom. The zero-order chi connectivity index (χ0) is 18.2. The molecular weight excluding hydrogens is 356 g/mol. The van der Waals surface area contributed by atoms with Gasteiger partial charge in [-0.2, -0.15) is 13.2 Å². The molecule has 0 bridgehead atoms. The molecule has 0 saturated carbocycles. The fourth-order valence-electron chi connectivity index (χ4n) is 2.25. The second kappa shape index (κ2) is 6.36. The second-order valence-corrected chi connectivity index (χ2v) is 6.19. The van der Waals surface area contributed by atoms with Crippen molar-refractivity contribution in [1.29, 1.82) is 5.41 Å². The van der Waals surface area contributed by atoms with Crippen LogP contribution in [0, 0.1) is 11.2 Å². The highest BCUT2D eigenvalue weighted by molar-refractivity contribution is 8.19. The first-order chi connectivity index (χ1) is 11.8. The summed E-state index contributed by atoms with van der Waals surface area (Å²) in [6.45, 7) is 0. The number of nitrogens with one attached hydrogen (secondary N) is 1. The molecule has 0 radical (unpaired) electrons. The number of carbonyl (C=O) groups is 1. The number of alkyl halides is 3. The van der Waals surface area contributed by atoms with E-state index in [9.17, 15) is 22.4 Å². The van der Waals surface area contributed by atoms with Crippen molar-refractivity contribution in [3.8, 4) is 0 Å². The quantitative estimate of drug-likeness (QED) is 0.607. The molecule has 3 rings (SSSR count). The molecule has 1 N–H and O–H groups in total. The standard InChI is InChI=1S/C17H10F4N2OS/c18-12-6-4-10(5-7-12)8-14-15(24)23(16(22)25-14)13-3-1-2-11(9-13)17(19,20)21/h1-9,22H. The Bertz CT molecular complexity index is 875. The summed E-state index contributed by atoms with van der Waals surface area (Å²) in [6, 6.07) is 9.64. The molecule has 1 fully saturated rings. The van der Waals surface area contributed by atoms with Crippen LogP contribution in [0.15, 0.2) is 53.4 Å². The summed E-state index contributed by atoms with van der Waals surface area (Å²) in [7, 11) is 0. The van der Waals surface area contributed by atoms with Crippen molar-refractivity contribution in [1.82, 2.24) is 0 Å². The van der Waals surface area contributed by atoms with Crippen LogP contribution in [-0.2, 0) is 11.0 Å². The minimum Gasteiger partial charge on any atom is -0.278 e. The van der Waals surface area contributed by atoms with Gasteiger partial charge in [0.05, 0.1) is 16.2 Å². The van der Waals surface area contributed by atoms with E-state index >= 15 is 0 Å². The third-order valence-electron chi connectivity index (χ3n) is 3.42. The van der Waals surface area contributed by atoms with Crippen LogP contribution in [0.3, 0.4) is 0 Å². The van der Waals surface area contributed by atoms with E-state index in [0.717, 1.165) is 28.8 Å². The molecule has 25 heavy (non-hydrogen) atoms. The highest BCUT2D eigenvalue weighted by Gasteiger charge is 2.36. The monoisotopic (exact) mass is 366 g/mol. The third-order valence-corrected chi connectivity index (χ3v) is 4.31. The molecule has 0 spiro atoms. The van der Waals surface area contributed by atoms with E-state index in [2.05, 4.69) is 0 Å². The molecular formula is C17H10F4N2OS. The van der Waals surface area contributed by atoms with Gasteiger partial charge < -0.3 is 0 Å². The summed E-state index contributed by atoms with van der Waals surface area (Å²) >= 11 is 0.835. The Kier molecular flexibility index (Phi) is 4.38. The lowest BCUT2D eigenvalue weighted by Crippen LogP contribution is -2.28. The molecule has 0 aliphatic carbocycles. The number of rotatable bonds is 2. The van der Waals surface area contributed by atoms with E-state index in [1.165, 1.54) is 42.5 Å². The lowest BCUT2D eigenvalue weighted by Gasteiger charge is -2.16. The van der Waals surface area contributed by atoms with Crippen LogP contribution in [0.1, 0.15) is 11.1 Å². The van der Waals surface area contributed by atoms with Crippen molar-refractivity contribution in [3.05, 3.63) is 70.4 Å². The molecule has 1 aliphatic heterocycles. The van der Waals surface area contributed by atoms with Crippen molar-refractivity contribution in [2.45, 2.75) is 6.18 Å². The number of hydrogen-bond donors (Lipinski definition) is 1. The number of amides is 1. The fraction of sp³-hybridized carbons (Fsp3) is 0.0588. The molecule has 3 nitrogen and oxygen atoms in total. The van der Waals surface area contributed by atoms with Crippen LogP contribution < -0.4 is 4.90 Å². The predicted octanol–water partition coefficient (Wildman–Crippen LogP) is 4.90. The number of hydrogen-bond acceptors (Lipinski definition) is 3. The Hall–Kier alpha value is -2.61. The fourth-order valence-corrected chi connectivity index (χ4v) is 3.11. The first kappa shape index (κ1) is 17.2. The van der Waals surface area contributed by atoms with Crippen molar-refractivity contribution >= 4 is 34.6 Å². The molecule has 0 aromatic heterocycles. The molecule has 1 aliphatic rings. The number of thioether (sulfide) groups is 1. The maximum Gasteiger partial charge on any atom is 0.416 e. The van der Waals surface area contributed by atoms with Crippen molar-refractivity contribution in [2.24, 2.45) is 0 Å². The lowest BCUT2D eigenvalue weighted by molar-refractivity contribution is -0.137. The van der Waals surface area contributed by atoms with Gasteiger partial charge in [0.15, 0.2) is 5.17 Å². The zero-order valence-electron chi connectivity index (χ0n) is 12.5. The van der Waals surface area contributed by atoms with Gasteiger partial charge in [-0.05, 0) is 53.7 Å². The Balaban J connectivity index is 1.93. The van der Waals surface area contributed by atoms with Gasteiger partial charge in [-0.3, -0.25) is 15.1 Å². The molecule has 8 heteroatoms. The van der Waals surface area contributed by atoms with Crippen LogP contribution >= 0.6 is 11.8 Å². The molecule has 0 atom stereocenters. The number of nitrogens with zero attached hydrogens (tertiary/aromatic N) is 1. The van der Waals surface area contributed by atoms with E-state index in [4.69, 9.17) is 5.41 Å². The summed E-state index contributed by atoms with van der Waals surface area (Å²) in [5.41, 5.74) is -0.373.